The van der Waals surface area contributed by atoms with Gasteiger partial charge in [-0.05, 0) is 30.3 Å². The number of piperazine rings is 1. The summed E-state index contributed by atoms with van der Waals surface area (Å²) >= 11 is 5.99. The number of rotatable bonds is 4. The van der Waals surface area contributed by atoms with Crippen molar-refractivity contribution >= 4 is 35.0 Å². The Morgan fingerprint density at radius 2 is 1.71 bits per heavy atom. The quantitative estimate of drug-likeness (QED) is 0.731. The van der Waals surface area contributed by atoms with Gasteiger partial charge in [-0.25, -0.2) is 0 Å². The Labute approximate surface area is 186 Å². The molecule has 3 amide bonds. The van der Waals surface area contributed by atoms with Crippen molar-refractivity contribution in [2.75, 3.05) is 44.7 Å². The van der Waals surface area contributed by atoms with Crippen molar-refractivity contribution in [3.8, 4) is 5.75 Å². The molecule has 2 aliphatic heterocycles. The average molecular weight is 442 g/mol. The molecular weight excluding hydrogens is 418 g/mol. The fraction of sp³-hybridized carbons (Fsp3) is 0.348. The van der Waals surface area contributed by atoms with E-state index < -0.39 is 0 Å². The molecule has 8 heteroatoms. The highest BCUT2D eigenvalue weighted by atomic mass is 35.5. The molecule has 7 nitrogen and oxygen atoms in total. The molecule has 0 N–H and O–H groups in total. The molecule has 0 radical (unpaired) electrons. The zero-order valence-electron chi connectivity index (χ0n) is 17.3. The van der Waals surface area contributed by atoms with Gasteiger partial charge >= 0.3 is 0 Å². The molecule has 2 aromatic carbocycles. The van der Waals surface area contributed by atoms with Gasteiger partial charge in [0.25, 0.3) is 5.91 Å². The molecule has 31 heavy (non-hydrogen) atoms. The third-order valence-electron chi connectivity index (χ3n) is 5.79. The number of hydrogen-bond acceptors (Lipinski definition) is 4. The summed E-state index contributed by atoms with van der Waals surface area (Å²) in [5.74, 6) is 0.0965. The lowest BCUT2D eigenvalue weighted by atomic mass is 10.1. The van der Waals surface area contributed by atoms with E-state index in [9.17, 15) is 14.4 Å². The summed E-state index contributed by atoms with van der Waals surface area (Å²) in [7, 11) is 1.58. The number of methoxy groups -OCH3 is 1. The van der Waals surface area contributed by atoms with Crippen LogP contribution in [-0.4, -0.2) is 67.4 Å². The maximum Gasteiger partial charge on any atom is 0.254 e. The topological polar surface area (TPSA) is 70.2 Å². The van der Waals surface area contributed by atoms with Crippen molar-refractivity contribution < 1.29 is 19.1 Å². The standard InChI is InChI=1S/C23H24ClN3O4/c1-31-20-7-3-6-19(14-20)27-15-17(13-21(27)28)23(30)26-10-8-25(9-11-26)22(29)16-4-2-5-18(24)12-16/h2-7,12,14,17H,8-11,13,15H2,1H3/t17-/m1/s1. The minimum atomic E-state index is -0.381. The molecule has 2 fully saturated rings. The molecule has 2 aliphatic rings. The normalized spacial score (nSPS) is 19.0. The first-order valence-corrected chi connectivity index (χ1v) is 10.6. The number of hydrogen-bond donors (Lipinski definition) is 0. The van der Waals surface area contributed by atoms with Crippen molar-refractivity contribution in [3.63, 3.8) is 0 Å². The van der Waals surface area contributed by atoms with E-state index in [-0.39, 0.29) is 30.1 Å². The molecule has 4 rings (SSSR count). The van der Waals surface area contributed by atoms with Gasteiger partial charge in [-0.3, -0.25) is 14.4 Å². The van der Waals surface area contributed by atoms with Crippen LogP contribution in [0.3, 0.4) is 0 Å². The van der Waals surface area contributed by atoms with Crippen LogP contribution in [0.5, 0.6) is 5.75 Å². The summed E-state index contributed by atoms with van der Waals surface area (Å²) in [5.41, 5.74) is 1.28. The van der Waals surface area contributed by atoms with Crippen molar-refractivity contribution in [1.29, 1.82) is 0 Å². The van der Waals surface area contributed by atoms with E-state index in [4.69, 9.17) is 16.3 Å². The predicted octanol–water partition coefficient (Wildman–Crippen LogP) is 2.69. The van der Waals surface area contributed by atoms with E-state index in [1.165, 1.54) is 0 Å². The summed E-state index contributed by atoms with van der Waals surface area (Å²) < 4.78 is 5.23. The number of amides is 3. The number of carbonyl (C=O) groups is 3. The van der Waals surface area contributed by atoms with Crippen LogP contribution in [0.1, 0.15) is 16.8 Å². The van der Waals surface area contributed by atoms with E-state index in [1.807, 2.05) is 18.2 Å². The highest BCUT2D eigenvalue weighted by Crippen LogP contribution is 2.29. The van der Waals surface area contributed by atoms with Gasteiger partial charge in [0.05, 0.1) is 13.0 Å². The third-order valence-corrected chi connectivity index (χ3v) is 6.02. The highest BCUT2D eigenvalue weighted by molar-refractivity contribution is 6.30. The minimum absolute atomic E-state index is 0.0337. The molecule has 162 valence electrons. The SMILES string of the molecule is COc1cccc(N2C[C@H](C(=O)N3CCN(C(=O)c4cccc(Cl)c4)CC3)CC2=O)c1. The van der Waals surface area contributed by atoms with Crippen LogP contribution >= 0.6 is 11.6 Å². The van der Waals surface area contributed by atoms with Gasteiger partial charge in [-0.2, -0.15) is 0 Å². The highest BCUT2D eigenvalue weighted by Gasteiger charge is 2.38. The maximum atomic E-state index is 13.0. The lowest BCUT2D eigenvalue weighted by Gasteiger charge is -2.36. The predicted molar refractivity (Wildman–Crippen MR) is 117 cm³/mol. The first kappa shape index (κ1) is 21.2. The summed E-state index contributed by atoms with van der Waals surface area (Å²) in [6.07, 6.45) is 0.192. The number of ether oxygens (including phenoxy) is 1. The van der Waals surface area contributed by atoms with E-state index in [0.29, 0.717) is 49.1 Å². The summed E-state index contributed by atoms with van der Waals surface area (Å²) in [6, 6.07) is 14.1. The Kier molecular flexibility index (Phi) is 6.13. The lowest BCUT2D eigenvalue weighted by molar-refractivity contribution is -0.137. The molecule has 1 atom stereocenters. The van der Waals surface area contributed by atoms with Crippen LogP contribution in [0.25, 0.3) is 0 Å². The zero-order chi connectivity index (χ0) is 22.0. The van der Waals surface area contributed by atoms with Crippen molar-refractivity contribution in [2.45, 2.75) is 6.42 Å². The average Bonchev–Trinajstić information content (AvgIpc) is 3.20. The van der Waals surface area contributed by atoms with Gasteiger partial charge in [-0.15, -0.1) is 0 Å². The Morgan fingerprint density at radius 1 is 1.00 bits per heavy atom. The molecule has 2 heterocycles. The number of nitrogens with zero attached hydrogens (tertiary/aromatic N) is 3. The van der Waals surface area contributed by atoms with Crippen LogP contribution < -0.4 is 9.64 Å². The lowest BCUT2D eigenvalue weighted by Crippen LogP contribution is -2.52. The molecule has 0 saturated carbocycles. The largest absolute Gasteiger partial charge is 0.497 e. The smallest absolute Gasteiger partial charge is 0.254 e. The Hall–Kier alpha value is -3.06. The van der Waals surface area contributed by atoms with Gasteiger partial charge < -0.3 is 19.4 Å². The Bertz CT molecular complexity index is 1000. The third kappa shape index (κ3) is 4.51. The Balaban J connectivity index is 1.35. The fourth-order valence-corrected chi connectivity index (χ4v) is 4.28. The summed E-state index contributed by atoms with van der Waals surface area (Å²) in [6.45, 7) is 2.17. The van der Waals surface area contributed by atoms with E-state index >= 15 is 0 Å². The number of carbonyl (C=O) groups excluding carboxylic acids is 3. The number of halogens is 1. The Morgan fingerprint density at radius 3 is 2.42 bits per heavy atom. The van der Waals surface area contributed by atoms with Crippen LogP contribution in [0.4, 0.5) is 5.69 Å². The molecule has 0 aromatic heterocycles. The van der Waals surface area contributed by atoms with E-state index in [2.05, 4.69) is 0 Å². The second-order valence-corrected chi connectivity index (χ2v) is 8.17. The first-order valence-electron chi connectivity index (χ1n) is 10.2. The van der Waals surface area contributed by atoms with E-state index in [0.717, 1.165) is 5.69 Å². The molecule has 0 spiro atoms. The zero-order valence-corrected chi connectivity index (χ0v) is 18.0. The van der Waals surface area contributed by atoms with Crippen LogP contribution in [-0.2, 0) is 9.59 Å². The molecule has 0 unspecified atom stereocenters. The van der Waals surface area contributed by atoms with Crippen molar-refractivity contribution in [3.05, 3.63) is 59.1 Å². The van der Waals surface area contributed by atoms with Gasteiger partial charge in [0, 0.05) is 61.5 Å². The summed E-state index contributed by atoms with van der Waals surface area (Å²) in [5, 5.41) is 0.520. The second kappa shape index (κ2) is 8.98. The first-order chi connectivity index (χ1) is 15.0. The van der Waals surface area contributed by atoms with Crippen LogP contribution in [0.15, 0.2) is 48.5 Å². The second-order valence-electron chi connectivity index (χ2n) is 7.73. The van der Waals surface area contributed by atoms with Gasteiger partial charge in [0.15, 0.2) is 0 Å². The summed E-state index contributed by atoms with van der Waals surface area (Å²) in [4.78, 5) is 43.4. The van der Waals surface area contributed by atoms with Crippen molar-refractivity contribution in [2.24, 2.45) is 5.92 Å². The number of benzene rings is 2. The van der Waals surface area contributed by atoms with Crippen molar-refractivity contribution in [1.82, 2.24) is 9.80 Å². The maximum absolute atomic E-state index is 13.0. The van der Waals surface area contributed by atoms with Crippen LogP contribution in [0, 0.1) is 5.92 Å². The molecule has 0 aliphatic carbocycles. The monoisotopic (exact) mass is 441 g/mol. The fourth-order valence-electron chi connectivity index (χ4n) is 4.09. The minimum Gasteiger partial charge on any atom is -0.497 e. The molecule has 2 saturated heterocycles. The van der Waals surface area contributed by atoms with Gasteiger partial charge in [0.1, 0.15) is 5.75 Å². The number of anilines is 1. The van der Waals surface area contributed by atoms with Gasteiger partial charge in [-0.1, -0.05) is 23.7 Å². The van der Waals surface area contributed by atoms with Crippen LogP contribution in [0.2, 0.25) is 5.02 Å². The van der Waals surface area contributed by atoms with E-state index in [1.54, 1.807) is 52.1 Å². The molecule has 2 aromatic rings. The van der Waals surface area contributed by atoms with Gasteiger partial charge in [0.2, 0.25) is 11.8 Å². The molecule has 0 bridgehead atoms. The molecular formula is C23H24ClN3O4.